The minimum atomic E-state index is 0.672. The van der Waals surface area contributed by atoms with E-state index in [1.165, 1.54) is 24.9 Å². The fraction of sp³-hybridized carbons (Fsp3) is 0.500. The second-order valence-corrected chi connectivity index (χ2v) is 7.10. The number of benzene rings is 1. The van der Waals surface area contributed by atoms with Crippen LogP contribution in [0, 0.1) is 0 Å². The summed E-state index contributed by atoms with van der Waals surface area (Å²) in [5, 5.41) is 5.39. The first-order valence-corrected chi connectivity index (χ1v) is 8.58. The van der Waals surface area contributed by atoms with E-state index in [0.29, 0.717) is 6.04 Å². The molecule has 1 aliphatic rings. The van der Waals surface area contributed by atoms with Gasteiger partial charge >= 0.3 is 0 Å². The summed E-state index contributed by atoms with van der Waals surface area (Å²) in [5.74, 6) is 0. The van der Waals surface area contributed by atoms with Crippen LogP contribution in [0.2, 0.25) is 5.02 Å². The molecule has 3 rings (SSSR count). The lowest BCUT2D eigenvalue weighted by Gasteiger charge is -2.25. The van der Waals surface area contributed by atoms with Crippen LogP contribution in [0.1, 0.15) is 18.4 Å². The molecule has 1 atom stereocenters. The molecule has 4 nitrogen and oxygen atoms in total. The van der Waals surface area contributed by atoms with Gasteiger partial charge in [-0.3, -0.25) is 4.68 Å². The summed E-state index contributed by atoms with van der Waals surface area (Å²) in [5.41, 5.74) is 3.36. The molecule has 124 valence electrons. The van der Waals surface area contributed by atoms with Gasteiger partial charge in [0.15, 0.2) is 0 Å². The number of hydrogen-bond acceptors (Lipinski definition) is 3. The highest BCUT2D eigenvalue weighted by Crippen LogP contribution is 2.26. The molecule has 0 spiro atoms. The van der Waals surface area contributed by atoms with Crippen molar-refractivity contribution >= 4 is 11.6 Å². The van der Waals surface area contributed by atoms with Gasteiger partial charge in [-0.25, -0.2) is 0 Å². The van der Waals surface area contributed by atoms with Gasteiger partial charge in [0.25, 0.3) is 0 Å². The van der Waals surface area contributed by atoms with Crippen LogP contribution in [0.15, 0.2) is 30.5 Å². The van der Waals surface area contributed by atoms with Crippen LogP contribution in [-0.4, -0.2) is 52.8 Å². The smallest absolute Gasteiger partial charge is 0.0968 e. The number of halogens is 1. The van der Waals surface area contributed by atoms with Crippen molar-refractivity contribution < 1.29 is 0 Å². The lowest BCUT2D eigenvalue weighted by atomic mass is 10.1. The summed E-state index contributed by atoms with van der Waals surface area (Å²) >= 11 is 6.14. The van der Waals surface area contributed by atoms with Crippen LogP contribution >= 0.6 is 11.6 Å². The van der Waals surface area contributed by atoms with Gasteiger partial charge in [0, 0.05) is 48.5 Å². The number of aryl methyl sites for hydroxylation is 1. The molecule has 0 radical (unpaired) electrons. The maximum atomic E-state index is 6.14. The molecule has 1 aromatic heterocycles. The van der Waals surface area contributed by atoms with E-state index in [0.717, 1.165) is 29.4 Å². The molecule has 23 heavy (non-hydrogen) atoms. The van der Waals surface area contributed by atoms with E-state index in [4.69, 9.17) is 11.6 Å². The number of likely N-dealkylation sites (tertiary alicyclic amines) is 1. The zero-order chi connectivity index (χ0) is 16.4. The molecule has 1 saturated heterocycles. The first kappa shape index (κ1) is 16.5. The molecular weight excluding hydrogens is 308 g/mol. The van der Waals surface area contributed by atoms with Gasteiger partial charge in [0.05, 0.1) is 5.69 Å². The maximum Gasteiger partial charge on any atom is 0.0968 e. The summed E-state index contributed by atoms with van der Waals surface area (Å²) in [7, 11) is 6.40. The number of rotatable bonds is 5. The van der Waals surface area contributed by atoms with Crippen LogP contribution in [0.25, 0.3) is 11.3 Å². The van der Waals surface area contributed by atoms with Crippen molar-refractivity contribution in [2.24, 2.45) is 7.05 Å². The Balaban J connectivity index is 1.75. The molecule has 1 aliphatic heterocycles. The Morgan fingerprint density at radius 1 is 1.35 bits per heavy atom. The number of aromatic nitrogens is 2. The maximum absolute atomic E-state index is 6.14. The van der Waals surface area contributed by atoms with Crippen molar-refractivity contribution in [3.8, 4) is 11.3 Å². The minimum absolute atomic E-state index is 0.672. The third-order valence-corrected chi connectivity index (χ3v) is 4.87. The van der Waals surface area contributed by atoms with E-state index < -0.39 is 0 Å². The second-order valence-electron chi connectivity index (χ2n) is 6.66. The zero-order valence-electron chi connectivity index (χ0n) is 14.2. The van der Waals surface area contributed by atoms with Crippen molar-refractivity contribution in [1.82, 2.24) is 19.6 Å². The van der Waals surface area contributed by atoms with Crippen molar-refractivity contribution in [2.75, 3.05) is 27.2 Å². The number of hydrogen-bond donors (Lipinski definition) is 0. The summed E-state index contributed by atoms with van der Waals surface area (Å²) in [6.07, 6.45) is 4.73. The van der Waals surface area contributed by atoms with E-state index in [2.05, 4.69) is 41.3 Å². The van der Waals surface area contributed by atoms with Crippen molar-refractivity contribution in [3.05, 3.63) is 41.0 Å². The standard InChI is InChI=1S/C18H25ClN4/c1-21(13-17-8-5-9-22(17)2)11-15-12-23(3)20-18(15)14-6-4-7-16(19)10-14/h4,6-7,10,12,17H,5,8-9,11,13H2,1-3H3/t17-/m0/s1. The van der Waals surface area contributed by atoms with Crippen LogP contribution in [0.5, 0.6) is 0 Å². The first-order chi connectivity index (χ1) is 11.0. The quantitative estimate of drug-likeness (QED) is 0.840. The highest BCUT2D eigenvalue weighted by molar-refractivity contribution is 6.30. The Kier molecular flexibility index (Phi) is 5.05. The predicted octanol–water partition coefficient (Wildman–Crippen LogP) is 3.27. The molecule has 1 aromatic carbocycles. The summed E-state index contributed by atoms with van der Waals surface area (Å²) < 4.78 is 1.89. The lowest BCUT2D eigenvalue weighted by Crippen LogP contribution is -2.36. The van der Waals surface area contributed by atoms with Crippen LogP contribution in [-0.2, 0) is 13.6 Å². The van der Waals surface area contributed by atoms with Gasteiger partial charge in [-0.1, -0.05) is 23.7 Å². The van der Waals surface area contributed by atoms with Crippen LogP contribution < -0.4 is 0 Å². The molecule has 5 heteroatoms. The van der Waals surface area contributed by atoms with Crippen molar-refractivity contribution in [2.45, 2.75) is 25.4 Å². The normalized spacial score (nSPS) is 18.9. The minimum Gasteiger partial charge on any atom is -0.302 e. The van der Waals surface area contributed by atoms with Gasteiger partial charge < -0.3 is 9.80 Å². The van der Waals surface area contributed by atoms with Gasteiger partial charge in [-0.05, 0) is 45.6 Å². The molecule has 2 aromatic rings. The summed E-state index contributed by atoms with van der Waals surface area (Å²) in [6, 6.07) is 8.61. The SMILES string of the molecule is CN(Cc1cn(C)nc1-c1cccc(Cl)c1)C[C@@H]1CCCN1C. The molecule has 0 aliphatic carbocycles. The summed E-state index contributed by atoms with van der Waals surface area (Å²) in [4.78, 5) is 4.87. The third kappa shape index (κ3) is 3.94. The highest BCUT2D eigenvalue weighted by Gasteiger charge is 2.22. The van der Waals surface area contributed by atoms with E-state index in [1.54, 1.807) is 0 Å². The Hall–Kier alpha value is -1.36. The molecule has 2 heterocycles. The summed E-state index contributed by atoms with van der Waals surface area (Å²) in [6.45, 7) is 3.22. The van der Waals surface area contributed by atoms with Crippen LogP contribution in [0.4, 0.5) is 0 Å². The van der Waals surface area contributed by atoms with Crippen molar-refractivity contribution in [3.63, 3.8) is 0 Å². The van der Waals surface area contributed by atoms with Gasteiger partial charge in [0.2, 0.25) is 0 Å². The molecule has 1 fully saturated rings. The molecule has 0 amide bonds. The molecule has 0 saturated carbocycles. The Bertz CT molecular complexity index is 667. The Labute approximate surface area is 143 Å². The van der Waals surface area contributed by atoms with E-state index in [9.17, 15) is 0 Å². The van der Waals surface area contributed by atoms with Gasteiger partial charge in [-0.2, -0.15) is 5.10 Å². The third-order valence-electron chi connectivity index (χ3n) is 4.64. The fourth-order valence-electron chi connectivity index (χ4n) is 3.46. The predicted molar refractivity (Wildman–Crippen MR) is 95.6 cm³/mol. The van der Waals surface area contributed by atoms with Gasteiger partial charge in [-0.15, -0.1) is 0 Å². The molecule has 0 unspecified atom stereocenters. The highest BCUT2D eigenvalue weighted by atomic mass is 35.5. The molecule has 0 bridgehead atoms. The zero-order valence-corrected chi connectivity index (χ0v) is 14.9. The average molecular weight is 333 g/mol. The Morgan fingerprint density at radius 2 is 2.17 bits per heavy atom. The topological polar surface area (TPSA) is 24.3 Å². The van der Waals surface area contributed by atoms with E-state index >= 15 is 0 Å². The fourth-order valence-corrected chi connectivity index (χ4v) is 3.65. The second kappa shape index (κ2) is 7.04. The molecule has 0 N–H and O–H groups in total. The average Bonchev–Trinajstić information content (AvgIpc) is 3.05. The van der Waals surface area contributed by atoms with E-state index in [-0.39, 0.29) is 0 Å². The lowest BCUT2D eigenvalue weighted by molar-refractivity contribution is 0.215. The molecular formula is C18H25ClN4. The van der Waals surface area contributed by atoms with Crippen molar-refractivity contribution in [1.29, 1.82) is 0 Å². The number of nitrogens with zero attached hydrogens (tertiary/aromatic N) is 4. The number of likely N-dealkylation sites (N-methyl/N-ethyl adjacent to an activating group) is 2. The van der Waals surface area contributed by atoms with Crippen LogP contribution in [0.3, 0.4) is 0 Å². The van der Waals surface area contributed by atoms with E-state index in [1.807, 2.05) is 29.9 Å². The Morgan fingerprint density at radius 3 is 2.87 bits per heavy atom. The van der Waals surface area contributed by atoms with Gasteiger partial charge in [0.1, 0.15) is 0 Å². The first-order valence-electron chi connectivity index (χ1n) is 8.20. The largest absolute Gasteiger partial charge is 0.302 e. The monoisotopic (exact) mass is 332 g/mol.